The molecule has 0 aliphatic carbocycles. The lowest BCUT2D eigenvalue weighted by Gasteiger charge is -2.13. The van der Waals surface area contributed by atoms with E-state index in [-0.39, 0.29) is 6.42 Å². The Morgan fingerprint density at radius 1 is 1.10 bits per heavy atom. The Labute approximate surface area is 119 Å². The lowest BCUT2D eigenvalue weighted by atomic mass is 9.94. The van der Waals surface area contributed by atoms with Crippen molar-refractivity contribution < 1.29 is 9.90 Å². The fraction of sp³-hybridized carbons (Fsp3) is 0.235. The van der Waals surface area contributed by atoms with Crippen molar-refractivity contribution in [2.24, 2.45) is 5.73 Å². The fourth-order valence-electron chi connectivity index (χ4n) is 2.47. The van der Waals surface area contributed by atoms with Gasteiger partial charge >= 0.3 is 5.97 Å². The van der Waals surface area contributed by atoms with Gasteiger partial charge in [0.05, 0.1) is 6.42 Å². The van der Waals surface area contributed by atoms with Gasteiger partial charge in [0.1, 0.15) is 0 Å². The first-order chi connectivity index (χ1) is 9.49. The number of carboxylic acids is 1. The smallest absolute Gasteiger partial charge is 0.305 e. The molecule has 3 nitrogen and oxygen atoms in total. The second-order valence-corrected chi connectivity index (χ2v) is 5.09. The summed E-state index contributed by atoms with van der Waals surface area (Å²) in [7, 11) is 0. The minimum absolute atomic E-state index is 0.0528. The van der Waals surface area contributed by atoms with Crippen LogP contribution in [0.15, 0.2) is 42.5 Å². The van der Waals surface area contributed by atoms with Crippen molar-refractivity contribution >= 4 is 5.97 Å². The summed E-state index contributed by atoms with van der Waals surface area (Å²) >= 11 is 0. The lowest BCUT2D eigenvalue weighted by molar-refractivity contribution is -0.137. The van der Waals surface area contributed by atoms with Crippen LogP contribution in [0.25, 0.3) is 11.1 Å². The summed E-state index contributed by atoms with van der Waals surface area (Å²) in [6.45, 7) is 4.18. The molecule has 2 aromatic carbocycles. The van der Waals surface area contributed by atoms with Crippen molar-refractivity contribution in [1.29, 1.82) is 0 Å². The SMILES string of the molecule is Cc1cccc(C)c1-c1ccc([C@@H](N)CC(=O)O)cc1. The quantitative estimate of drug-likeness (QED) is 0.893. The average Bonchev–Trinajstić information content (AvgIpc) is 2.38. The van der Waals surface area contributed by atoms with E-state index in [9.17, 15) is 4.79 Å². The third kappa shape index (κ3) is 3.06. The van der Waals surface area contributed by atoms with Gasteiger partial charge in [-0.3, -0.25) is 4.79 Å². The number of aliphatic carboxylic acids is 1. The first kappa shape index (κ1) is 14.3. The maximum absolute atomic E-state index is 10.7. The summed E-state index contributed by atoms with van der Waals surface area (Å²) in [6, 6.07) is 13.6. The summed E-state index contributed by atoms with van der Waals surface area (Å²) in [6.07, 6.45) is -0.0528. The summed E-state index contributed by atoms with van der Waals surface area (Å²) in [5.41, 5.74) is 11.5. The summed E-state index contributed by atoms with van der Waals surface area (Å²) in [5.74, 6) is -0.878. The highest BCUT2D eigenvalue weighted by Gasteiger charge is 2.11. The highest BCUT2D eigenvalue weighted by Crippen LogP contribution is 2.28. The molecule has 0 aromatic heterocycles. The van der Waals surface area contributed by atoms with Crippen LogP contribution in [-0.2, 0) is 4.79 Å². The Balaban J connectivity index is 2.31. The minimum Gasteiger partial charge on any atom is -0.481 e. The van der Waals surface area contributed by atoms with Crippen LogP contribution in [0.2, 0.25) is 0 Å². The Kier molecular flexibility index (Phi) is 4.20. The average molecular weight is 269 g/mol. The fourth-order valence-corrected chi connectivity index (χ4v) is 2.47. The van der Waals surface area contributed by atoms with E-state index in [4.69, 9.17) is 10.8 Å². The number of benzene rings is 2. The topological polar surface area (TPSA) is 63.3 Å². The molecule has 3 heteroatoms. The molecule has 0 heterocycles. The lowest BCUT2D eigenvalue weighted by Crippen LogP contribution is -2.14. The third-order valence-corrected chi connectivity index (χ3v) is 3.50. The standard InChI is InChI=1S/C17H19NO2/c1-11-4-3-5-12(2)17(11)14-8-6-13(7-9-14)15(18)10-16(19)20/h3-9,15H,10,18H2,1-2H3,(H,19,20)/t15-/m0/s1. The summed E-state index contributed by atoms with van der Waals surface area (Å²) in [5, 5.41) is 8.77. The second-order valence-electron chi connectivity index (χ2n) is 5.09. The van der Waals surface area contributed by atoms with Crippen molar-refractivity contribution in [1.82, 2.24) is 0 Å². The maximum atomic E-state index is 10.7. The zero-order valence-electron chi connectivity index (χ0n) is 11.8. The monoisotopic (exact) mass is 269 g/mol. The molecule has 1 atom stereocenters. The van der Waals surface area contributed by atoms with Gasteiger partial charge in [-0.25, -0.2) is 0 Å². The largest absolute Gasteiger partial charge is 0.481 e. The van der Waals surface area contributed by atoms with Gasteiger partial charge in [-0.2, -0.15) is 0 Å². The van der Waals surface area contributed by atoms with Crippen LogP contribution < -0.4 is 5.73 Å². The molecule has 0 aliphatic rings. The van der Waals surface area contributed by atoms with E-state index in [0.29, 0.717) is 0 Å². The number of aryl methyl sites for hydroxylation is 2. The molecule has 0 aliphatic heterocycles. The van der Waals surface area contributed by atoms with Gasteiger partial charge in [-0.15, -0.1) is 0 Å². The van der Waals surface area contributed by atoms with Gasteiger partial charge < -0.3 is 10.8 Å². The van der Waals surface area contributed by atoms with E-state index in [1.165, 1.54) is 16.7 Å². The zero-order chi connectivity index (χ0) is 14.7. The first-order valence-corrected chi connectivity index (χ1v) is 6.63. The number of carbonyl (C=O) groups is 1. The molecule has 0 unspecified atom stereocenters. The number of carboxylic acid groups (broad SMARTS) is 1. The zero-order valence-corrected chi connectivity index (χ0v) is 11.8. The maximum Gasteiger partial charge on any atom is 0.305 e. The van der Waals surface area contributed by atoms with Crippen LogP contribution in [0.4, 0.5) is 0 Å². The molecule has 0 spiro atoms. The summed E-state index contributed by atoms with van der Waals surface area (Å²) in [4.78, 5) is 10.7. The van der Waals surface area contributed by atoms with E-state index >= 15 is 0 Å². The van der Waals surface area contributed by atoms with Crippen LogP contribution in [0.5, 0.6) is 0 Å². The van der Waals surface area contributed by atoms with Gasteiger partial charge in [0.15, 0.2) is 0 Å². The van der Waals surface area contributed by atoms with E-state index in [0.717, 1.165) is 11.1 Å². The molecule has 2 rings (SSSR count). The molecular weight excluding hydrogens is 250 g/mol. The van der Waals surface area contributed by atoms with Crippen LogP contribution >= 0.6 is 0 Å². The second kappa shape index (κ2) is 5.88. The molecule has 2 aromatic rings. The normalized spacial score (nSPS) is 12.2. The molecule has 104 valence electrons. The number of hydrogen-bond donors (Lipinski definition) is 2. The van der Waals surface area contributed by atoms with Gasteiger partial charge in [0.2, 0.25) is 0 Å². The Bertz CT molecular complexity index is 597. The van der Waals surface area contributed by atoms with E-state index in [1.54, 1.807) is 0 Å². The minimum atomic E-state index is -0.878. The third-order valence-electron chi connectivity index (χ3n) is 3.50. The van der Waals surface area contributed by atoms with Crippen LogP contribution in [-0.4, -0.2) is 11.1 Å². The van der Waals surface area contributed by atoms with Crippen molar-refractivity contribution in [2.75, 3.05) is 0 Å². The van der Waals surface area contributed by atoms with Crippen LogP contribution in [0.1, 0.15) is 29.2 Å². The molecule has 0 bridgehead atoms. The van der Waals surface area contributed by atoms with Gasteiger partial charge in [0.25, 0.3) is 0 Å². The van der Waals surface area contributed by atoms with Crippen molar-refractivity contribution in [2.45, 2.75) is 26.3 Å². The first-order valence-electron chi connectivity index (χ1n) is 6.63. The van der Waals surface area contributed by atoms with Gasteiger partial charge in [0, 0.05) is 6.04 Å². The van der Waals surface area contributed by atoms with Crippen LogP contribution in [0, 0.1) is 13.8 Å². The highest BCUT2D eigenvalue weighted by atomic mass is 16.4. The molecule has 3 N–H and O–H groups in total. The molecule has 0 saturated carbocycles. The molecule has 0 fully saturated rings. The summed E-state index contributed by atoms with van der Waals surface area (Å²) < 4.78 is 0. The van der Waals surface area contributed by atoms with E-state index < -0.39 is 12.0 Å². The molecule has 0 radical (unpaired) electrons. The van der Waals surface area contributed by atoms with Crippen molar-refractivity contribution in [3.63, 3.8) is 0 Å². The molecule has 0 amide bonds. The van der Waals surface area contributed by atoms with Crippen LogP contribution in [0.3, 0.4) is 0 Å². The molecule has 0 saturated heterocycles. The Morgan fingerprint density at radius 3 is 2.15 bits per heavy atom. The van der Waals surface area contributed by atoms with Gasteiger partial charge in [-0.05, 0) is 41.7 Å². The number of hydrogen-bond acceptors (Lipinski definition) is 2. The highest BCUT2D eigenvalue weighted by molar-refractivity contribution is 5.71. The number of nitrogens with two attached hydrogens (primary N) is 1. The predicted molar refractivity (Wildman–Crippen MR) is 80.5 cm³/mol. The molecular formula is C17H19NO2. The number of rotatable bonds is 4. The van der Waals surface area contributed by atoms with E-state index in [2.05, 4.69) is 26.0 Å². The Hall–Kier alpha value is -2.13. The van der Waals surface area contributed by atoms with Gasteiger partial charge in [-0.1, -0.05) is 42.5 Å². The molecule has 20 heavy (non-hydrogen) atoms. The Morgan fingerprint density at radius 2 is 1.65 bits per heavy atom. The van der Waals surface area contributed by atoms with E-state index in [1.807, 2.05) is 30.3 Å². The predicted octanol–water partition coefficient (Wildman–Crippen LogP) is 3.44. The van der Waals surface area contributed by atoms with Crippen molar-refractivity contribution in [3.8, 4) is 11.1 Å². The van der Waals surface area contributed by atoms with Crippen molar-refractivity contribution in [3.05, 3.63) is 59.2 Å².